The smallest absolute Gasteiger partial charge is 0.404 e. The Morgan fingerprint density at radius 2 is 1.66 bits per heavy atom. The highest BCUT2D eigenvalue weighted by atomic mass is 32.2. The van der Waals surface area contributed by atoms with Gasteiger partial charge in [-0.3, -0.25) is 0 Å². The zero-order valence-electron chi connectivity index (χ0n) is 15.2. The molecule has 0 aliphatic rings. The standard InChI is InChI=1S/C20H17F3N2O3S/c1-29(26,27)17-9-5-8-15(12-17)19(14-6-3-2-4-7-14)25-18-11-10-16(13-24-18)28-20(21,22)23/h2-13,19H,1H3,(H,24,25). The third kappa shape index (κ3) is 5.71. The molecule has 152 valence electrons. The Labute approximate surface area is 166 Å². The van der Waals surface area contributed by atoms with Gasteiger partial charge in [0, 0.05) is 6.26 Å². The van der Waals surface area contributed by atoms with Crippen LogP contribution in [0.25, 0.3) is 0 Å². The molecule has 1 heterocycles. The van der Waals surface area contributed by atoms with Crippen LogP contribution in [0, 0.1) is 0 Å². The van der Waals surface area contributed by atoms with E-state index in [4.69, 9.17) is 0 Å². The first-order chi connectivity index (χ1) is 13.6. The van der Waals surface area contributed by atoms with Gasteiger partial charge < -0.3 is 10.1 Å². The Hall–Kier alpha value is -3.07. The van der Waals surface area contributed by atoms with E-state index in [1.807, 2.05) is 30.3 Å². The van der Waals surface area contributed by atoms with Crippen molar-refractivity contribution in [3.8, 4) is 5.75 Å². The molecule has 9 heteroatoms. The van der Waals surface area contributed by atoms with Gasteiger partial charge in [-0.05, 0) is 35.4 Å². The van der Waals surface area contributed by atoms with Gasteiger partial charge in [0.05, 0.1) is 17.1 Å². The van der Waals surface area contributed by atoms with Crippen LogP contribution in [0.4, 0.5) is 19.0 Å². The Morgan fingerprint density at radius 1 is 0.966 bits per heavy atom. The molecule has 1 unspecified atom stereocenters. The molecule has 1 atom stereocenters. The average Bonchev–Trinajstić information content (AvgIpc) is 2.66. The molecule has 0 spiro atoms. The van der Waals surface area contributed by atoms with Gasteiger partial charge in [0.25, 0.3) is 0 Å². The lowest BCUT2D eigenvalue weighted by atomic mass is 9.99. The van der Waals surface area contributed by atoms with Crippen LogP contribution in [-0.4, -0.2) is 26.0 Å². The number of anilines is 1. The minimum absolute atomic E-state index is 0.166. The van der Waals surface area contributed by atoms with E-state index in [1.54, 1.807) is 18.2 Å². The summed E-state index contributed by atoms with van der Waals surface area (Å²) >= 11 is 0. The molecule has 29 heavy (non-hydrogen) atoms. The summed E-state index contributed by atoms with van der Waals surface area (Å²) in [5.74, 6) is -0.128. The van der Waals surface area contributed by atoms with Gasteiger partial charge in [0.15, 0.2) is 9.84 Å². The number of nitrogens with one attached hydrogen (secondary N) is 1. The van der Waals surface area contributed by atoms with Crippen molar-refractivity contribution in [1.82, 2.24) is 4.98 Å². The van der Waals surface area contributed by atoms with E-state index in [-0.39, 0.29) is 4.90 Å². The molecule has 1 N–H and O–H groups in total. The van der Waals surface area contributed by atoms with Gasteiger partial charge in [-0.25, -0.2) is 13.4 Å². The summed E-state index contributed by atoms with van der Waals surface area (Å²) in [5, 5.41) is 3.14. The summed E-state index contributed by atoms with van der Waals surface area (Å²) in [6.45, 7) is 0. The number of ether oxygens (including phenoxy) is 1. The van der Waals surface area contributed by atoms with E-state index in [1.165, 1.54) is 12.1 Å². The highest BCUT2D eigenvalue weighted by molar-refractivity contribution is 7.90. The molecule has 0 fully saturated rings. The molecular weight excluding hydrogens is 405 g/mol. The molecule has 1 aromatic heterocycles. The van der Waals surface area contributed by atoms with Crippen LogP contribution in [0.2, 0.25) is 0 Å². The summed E-state index contributed by atoms with van der Waals surface area (Å²) in [6, 6.07) is 17.7. The van der Waals surface area contributed by atoms with Crippen LogP contribution < -0.4 is 10.1 Å². The van der Waals surface area contributed by atoms with E-state index >= 15 is 0 Å². The summed E-state index contributed by atoms with van der Waals surface area (Å²) < 4.78 is 64.6. The molecular formula is C20H17F3N2O3S. The number of sulfone groups is 1. The summed E-state index contributed by atoms with van der Waals surface area (Å²) in [4.78, 5) is 4.14. The van der Waals surface area contributed by atoms with Crippen LogP contribution in [0.3, 0.4) is 0 Å². The SMILES string of the molecule is CS(=O)(=O)c1cccc(C(Nc2ccc(OC(F)(F)F)cn2)c2ccccc2)c1. The minimum Gasteiger partial charge on any atom is -0.404 e. The predicted octanol–water partition coefficient (Wildman–Crippen LogP) is 4.59. The van der Waals surface area contributed by atoms with Crippen molar-refractivity contribution in [2.45, 2.75) is 17.3 Å². The van der Waals surface area contributed by atoms with Crippen LogP contribution >= 0.6 is 0 Å². The Balaban J connectivity index is 1.94. The quantitative estimate of drug-likeness (QED) is 0.630. The van der Waals surface area contributed by atoms with Crippen molar-refractivity contribution in [3.63, 3.8) is 0 Å². The Kier molecular flexibility index (Phi) is 5.78. The van der Waals surface area contributed by atoms with Gasteiger partial charge in [0.1, 0.15) is 11.6 Å². The largest absolute Gasteiger partial charge is 0.573 e. The van der Waals surface area contributed by atoms with E-state index in [2.05, 4.69) is 15.0 Å². The lowest BCUT2D eigenvalue weighted by Crippen LogP contribution is -2.17. The number of hydrogen-bond donors (Lipinski definition) is 1. The molecule has 3 rings (SSSR count). The maximum Gasteiger partial charge on any atom is 0.573 e. The molecule has 0 amide bonds. The topological polar surface area (TPSA) is 68.3 Å². The van der Waals surface area contributed by atoms with Gasteiger partial charge in [-0.2, -0.15) is 0 Å². The number of halogens is 3. The van der Waals surface area contributed by atoms with Gasteiger partial charge in [0.2, 0.25) is 0 Å². The number of rotatable bonds is 6. The second-order valence-corrected chi connectivity index (χ2v) is 8.28. The lowest BCUT2D eigenvalue weighted by Gasteiger charge is -2.21. The first kappa shape index (κ1) is 20.7. The number of alkyl halides is 3. The van der Waals surface area contributed by atoms with Crippen molar-refractivity contribution >= 4 is 15.7 Å². The molecule has 0 saturated heterocycles. The monoisotopic (exact) mass is 422 g/mol. The fourth-order valence-corrected chi connectivity index (χ4v) is 3.41. The number of nitrogens with zero attached hydrogens (tertiary/aromatic N) is 1. The first-order valence-corrected chi connectivity index (χ1v) is 10.3. The number of aromatic nitrogens is 1. The third-order valence-corrected chi connectivity index (χ3v) is 5.12. The molecule has 0 saturated carbocycles. The zero-order chi connectivity index (χ0) is 21.1. The maximum atomic E-state index is 12.3. The van der Waals surface area contributed by atoms with Crippen molar-refractivity contribution in [3.05, 3.63) is 84.1 Å². The van der Waals surface area contributed by atoms with Gasteiger partial charge in [-0.1, -0.05) is 42.5 Å². The number of pyridine rings is 1. The highest BCUT2D eigenvalue weighted by Crippen LogP contribution is 2.29. The zero-order valence-corrected chi connectivity index (χ0v) is 16.0. The third-order valence-electron chi connectivity index (χ3n) is 4.01. The van der Waals surface area contributed by atoms with Crippen molar-refractivity contribution in [2.75, 3.05) is 11.6 Å². The van der Waals surface area contributed by atoms with Crippen molar-refractivity contribution in [1.29, 1.82) is 0 Å². The number of hydrogen-bond acceptors (Lipinski definition) is 5. The molecule has 2 aromatic carbocycles. The van der Waals surface area contributed by atoms with E-state index in [0.29, 0.717) is 11.4 Å². The second-order valence-electron chi connectivity index (χ2n) is 6.26. The minimum atomic E-state index is -4.80. The maximum absolute atomic E-state index is 12.3. The lowest BCUT2D eigenvalue weighted by molar-refractivity contribution is -0.274. The van der Waals surface area contributed by atoms with Crippen molar-refractivity contribution < 1.29 is 26.3 Å². The number of benzene rings is 2. The normalized spacial score (nSPS) is 13.0. The van der Waals surface area contributed by atoms with Crippen LogP contribution in [-0.2, 0) is 9.84 Å². The molecule has 0 bridgehead atoms. The Morgan fingerprint density at radius 3 is 2.24 bits per heavy atom. The highest BCUT2D eigenvalue weighted by Gasteiger charge is 2.31. The second kappa shape index (κ2) is 8.12. The van der Waals surface area contributed by atoms with Crippen molar-refractivity contribution in [2.24, 2.45) is 0 Å². The van der Waals surface area contributed by atoms with Gasteiger partial charge in [-0.15, -0.1) is 13.2 Å². The fourth-order valence-electron chi connectivity index (χ4n) is 2.74. The summed E-state index contributed by atoms with van der Waals surface area (Å²) in [5.41, 5.74) is 1.49. The Bertz CT molecular complexity index is 1070. The van der Waals surface area contributed by atoms with Crippen LogP contribution in [0.1, 0.15) is 17.2 Å². The van der Waals surface area contributed by atoms with Crippen LogP contribution in [0.5, 0.6) is 5.75 Å². The van der Waals surface area contributed by atoms with Gasteiger partial charge >= 0.3 is 6.36 Å². The van der Waals surface area contributed by atoms with Crippen LogP contribution in [0.15, 0.2) is 77.8 Å². The molecule has 3 aromatic rings. The predicted molar refractivity (Wildman–Crippen MR) is 102 cm³/mol. The van der Waals surface area contributed by atoms with E-state index < -0.39 is 28.0 Å². The molecule has 0 radical (unpaired) electrons. The summed E-state index contributed by atoms with van der Waals surface area (Å²) in [7, 11) is -3.40. The molecule has 5 nitrogen and oxygen atoms in total. The van der Waals surface area contributed by atoms with E-state index in [9.17, 15) is 21.6 Å². The molecule has 0 aliphatic carbocycles. The van der Waals surface area contributed by atoms with E-state index in [0.717, 1.165) is 24.1 Å². The molecule has 0 aliphatic heterocycles. The first-order valence-electron chi connectivity index (χ1n) is 8.45. The summed E-state index contributed by atoms with van der Waals surface area (Å²) in [6.07, 6.45) is -2.71. The average molecular weight is 422 g/mol. The fraction of sp³-hybridized carbons (Fsp3) is 0.150.